The summed E-state index contributed by atoms with van der Waals surface area (Å²) in [7, 11) is 3.78. The van der Waals surface area contributed by atoms with Crippen molar-refractivity contribution in [3.63, 3.8) is 0 Å². The maximum Gasteiger partial charge on any atom is 0.252 e. The van der Waals surface area contributed by atoms with E-state index in [1.165, 1.54) is 0 Å². The Morgan fingerprint density at radius 2 is 1.84 bits per heavy atom. The van der Waals surface area contributed by atoms with Gasteiger partial charge in [0.2, 0.25) is 5.91 Å². The van der Waals surface area contributed by atoms with Crippen LogP contribution in [0.2, 0.25) is 0 Å². The summed E-state index contributed by atoms with van der Waals surface area (Å²) in [6.07, 6.45) is 0.796. The van der Waals surface area contributed by atoms with E-state index in [-0.39, 0.29) is 24.1 Å². The molecule has 100 valence electrons. The Balaban J connectivity index is 2.04. The van der Waals surface area contributed by atoms with Gasteiger partial charge in [-0.05, 0) is 32.6 Å². The summed E-state index contributed by atoms with van der Waals surface area (Å²) in [5, 5.41) is 0. The highest BCUT2D eigenvalue weighted by Crippen LogP contribution is 2.35. The molecule has 0 unspecified atom stereocenters. The fraction of sp³-hybridized carbons (Fsp3) is 0.429. The average molecular weight is 259 g/mol. The van der Waals surface area contributed by atoms with Crippen LogP contribution in [0.4, 0.5) is 5.69 Å². The zero-order valence-electron chi connectivity index (χ0n) is 11.1. The molecule has 1 aromatic rings. The lowest BCUT2D eigenvalue weighted by atomic mass is 10.2. The van der Waals surface area contributed by atoms with Crippen LogP contribution in [0.15, 0.2) is 30.3 Å². The Kier molecular flexibility index (Phi) is 2.78. The Bertz CT molecular complexity index is 515. The molecule has 2 heterocycles. The van der Waals surface area contributed by atoms with Gasteiger partial charge in [0.05, 0.1) is 0 Å². The van der Waals surface area contributed by atoms with Crippen molar-refractivity contribution in [1.82, 2.24) is 9.80 Å². The second-order valence-corrected chi connectivity index (χ2v) is 5.21. The fourth-order valence-corrected chi connectivity index (χ4v) is 2.96. The molecule has 0 N–H and O–H groups in total. The number of carbonyl (C=O) groups excluding carboxylic acids is 2. The largest absolute Gasteiger partial charge is 0.297 e. The Hall–Kier alpha value is -1.88. The van der Waals surface area contributed by atoms with E-state index in [0.717, 1.165) is 5.69 Å². The number of rotatable bonds is 2. The maximum atomic E-state index is 12.6. The number of hydrogen-bond acceptors (Lipinski definition) is 3. The Morgan fingerprint density at radius 3 is 2.47 bits per heavy atom. The van der Waals surface area contributed by atoms with E-state index in [1.54, 1.807) is 9.80 Å². The third kappa shape index (κ3) is 1.73. The molecule has 2 aliphatic rings. The van der Waals surface area contributed by atoms with Gasteiger partial charge in [-0.1, -0.05) is 18.2 Å². The number of hydrogen-bond donors (Lipinski definition) is 0. The zero-order chi connectivity index (χ0) is 13.6. The molecule has 0 bridgehead atoms. The molecule has 2 fully saturated rings. The van der Waals surface area contributed by atoms with Crippen LogP contribution in [0.3, 0.4) is 0 Å². The van der Waals surface area contributed by atoms with Gasteiger partial charge in [0, 0.05) is 12.1 Å². The number of para-hydroxylation sites is 1. The summed E-state index contributed by atoms with van der Waals surface area (Å²) in [5.74, 6) is 0.0891. The van der Waals surface area contributed by atoms with Gasteiger partial charge in [0.15, 0.2) is 6.29 Å². The van der Waals surface area contributed by atoms with Gasteiger partial charge in [-0.15, -0.1) is 0 Å². The van der Waals surface area contributed by atoms with Crippen molar-refractivity contribution in [3.8, 4) is 0 Å². The molecular weight excluding hydrogens is 242 g/mol. The van der Waals surface area contributed by atoms with E-state index in [4.69, 9.17) is 0 Å². The molecule has 0 saturated carbocycles. The van der Waals surface area contributed by atoms with Crippen LogP contribution < -0.4 is 4.90 Å². The summed E-state index contributed by atoms with van der Waals surface area (Å²) >= 11 is 0. The Morgan fingerprint density at radius 1 is 1.16 bits per heavy atom. The van der Waals surface area contributed by atoms with Crippen molar-refractivity contribution in [1.29, 1.82) is 0 Å². The molecule has 0 aromatic heterocycles. The van der Waals surface area contributed by atoms with Crippen molar-refractivity contribution in [2.75, 3.05) is 19.0 Å². The molecule has 2 aliphatic heterocycles. The highest BCUT2D eigenvalue weighted by Gasteiger charge is 2.52. The van der Waals surface area contributed by atoms with Crippen molar-refractivity contribution in [2.24, 2.45) is 0 Å². The number of fused-ring (bicyclic) bond motifs is 1. The second-order valence-electron chi connectivity index (χ2n) is 5.21. The summed E-state index contributed by atoms with van der Waals surface area (Å²) in [6, 6.07) is 9.24. The molecule has 0 spiro atoms. The van der Waals surface area contributed by atoms with Crippen LogP contribution in [-0.2, 0) is 9.59 Å². The predicted molar refractivity (Wildman–Crippen MR) is 71.3 cm³/mol. The molecule has 1 aromatic carbocycles. The van der Waals surface area contributed by atoms with Crippen molar-refractivity contribution < 1.29 is 9.59 Å². The SMILES string of the molecule is CN(C)[C@@H]1N(c2ccccc2)C(=O)[C@H]2CCC(=O)N21. The van der Waals surface area contributed by atoms with Crippen LogP contribution in [0, 0.1) is 0 Å². The molecule has 5 heteroatoms. The number of anilines is 1. The van der Waals surface area contributed by atoms with E-state index in [2.05, 4.69) is 0 Å². The first-order chi connectivity index (χ1) is 9.11. The quantitative estimate of drug-likeness (QED) is 0.791. The molecule has 5 nitrogen and oxygen atoms in total. The summed E-state index contributed by atoms with van der Waals surface area (Å²) in [5.41, 5.74) is 0.841. The standard InChI is InChI=1S/C14H17N3O2/c1-15(2)14-16(10-6-4-3-5-7-10)13(19)11-8-9-12(18)17(11)14/h3-7,11,14H,8-9H2,1-2H3/t11-,14-/m1/s1. The van der Waals surface area contributed by atoms with Crippen LogP contribution >= 0.6 is 0 Å². The van der Waals surface area contributed by atoms with Crippen LogP contribution in [0.25, 0.3) is 0 Å². The topological polar surface area (TPSA) is 43.9 Å². The van der Waals surface area contributed by atoms with Gasteiger partial charge in [0.25, 0.3) is 5.91 Å². The first-order valence-electron chi connectivity index (χ1n) is 6.47. The first-order valence-corrected chi connectivity index (χ1v) is 6.47. The lowest BCUT2D eigenvalue weighted by molar-refractivity contribution is -0.133. The minimum Gasteiger partial charge on any atom is -0.297 e. The highest BCUT2D eigenvalue weighted by atomic mass is 16.2. The molecule has 2 amide bonds. The van der Waals surface area contributed by atoms with Crippen LogP contribution in [0.1, 0.15) is 12.8 Å². The van der Waals surface area contributed by atoms with Crippen molar-refractivity contribution >= 4 is 17.5 Å². The molecule has 19 heavy (non-hydrogen) atoms. The number of nitrogens with zero attached hydrogens (tertiary/aromatic N) is 3. The maximum absolute atomic E-state index is 12.6. The molecule has 2 saturated heterocycles. The fourth-order valence-electron chi connectivity index (χ4n) is 2.96. The zero-order valence-corrected chi connectivity index (χ0v) is 11.1. The highest BCUT2D eigenvalue weighted by molar-refractivity contribution is 6.04. The van der Waals surface area contributed by atoms with Gasteiger partial charge in [0.1, 0.15) is 6.04 Å². The van der Waals surface area contributed by atoms with Crippen molar-refractivity contribution in [3.05, 3.63) is 30.3 Å². The minimum atomic E-state index is -0.310. The Labute approximate surface area is 112 Å². The number of carbonyl (C=O) groups is 2. The molecule has 3 rings (SSSR count). The lowest BCUT2D eigenvalue weighted by Gasteiger charge is -2.34. The molecule has 0 radical (unpaired) electrons. The average Bonchev–Trinajstić information content (AvgIpc) is 2.90. The third-order valence-electron chi connectivity index (χ3n) is 3.75. The monoisotopic (exact) mass is 259 g/mol. The van der Waals surface area contributed by atoms with Gasteiger partial charge >= 0.3 is 0 Å². The minimum absolute atomic E-state index is 0.0238. The second kappa shape index (κ2) is 4.35. The number of amides is 2. The van der Waals surface area contributed by atoms with Crippen LogP contribution in [0.5, 0.6) is 0 Å². The third-order valence-corrected chi connectivity index (χ3v) is 3.75. The molecular formula is C14H17N3O2. The first kappa shape index (κ1) is 12.2. The molecule has 0 aliphatic carbocycles. The van der Waals surface area contributed by atoms with E-state index in [0.29, 0.717) is 12.8 Å². The summed E-state index contributed by atoms with van der Waals surface area (Å²) in [6.45, 7) is 0. The number of benzene rings is 1. The normalized spacial score (nSPS) is 26.5. The van der Waals surface area contributed by atoms with Gasteiger partial charge < -0.3 is 0 Å². The van der Waals surface area contributed by atoms with Gasteiger partial charge in [-0.3, -0.25) is 24.3 Å². The van der Waals surface area contributed by atoms with Crippen molar-refractivity contribution in [2.45, 2.75) is 25.2 Å². The summed E-state index contributed by atoms with van der Waals surface area (Å²) < 4.78 is 0. The van der Waals surface area contributed by atoms with Gasteiger partial charge in [-0.2, -0.15) is 0 Å². The van der Waals surface area contributed by atoms with E-state index in [9.17, 15) is 9.59 Å². The smallest absolute Gasteiger partial charge is 0.252 e. The van der Waals surface area contributed by atoms with E-state index < -0.39 is 0 Å². The summed E-state index contributed by atoms with van der Waals surface area (Å²) in [4.78, 5) is 29.9. The van der Waals surface area contributed by atoms with E-state index in [1.807, 2.05) is 49.3 Å². The molecule has 2 atom stereocenters. The van der Waals surface area contributed by atoms with E-state index >= 15 is 0 Å². The predicted octanol–water partition coefficient (Wildman–Crippen LogP) is 0.869. The lowest BCUT2D eigenvalue weighted by Crippen LogP contribution is -2.51. The van der Waals surface area contributed by atoms with Crippen LogP contribution in [-0.4, -0.2) is 48.0 Å². The van der Waals surface area contributed by atoms with Gasteiger partial charge in [-0.25, -0.2) is 0 Å².